The first-order valence-corrected chi connectivity index (χ1v) is 6.17. The fraction of sp³-hybridized carbons (Fsp3) is 0.750. The number of imidazole rings is 1. The lowest BCUT2D eigenvalue weighted by atomic mass is 9.94. The molecule has 1 aromatic heterocycles. The van der Waals surface area contributed by atoms with Crippen LogP contribution in [0.2, 0.25) is 0 Å². The van der Waals surface area contributed by atoms with Gasteiger partial charge in [0.15, 0.2) is 0 Å². The summed E-state index contributed by atoms with van der Waals surface area (Å²) in [6.07, 6.45) is 6.09. The van der Waals surface area contributed by atoms with Crippen molar-refractivity contribution < 1.29 is 9.84 Å². The molecule has 0 amide bonds. The molecule has 1 aliphatic rings. The molecule has 0 unspecified atom stereocenters. The number of nitrogens with zero attached hydrogens (tertiary/aromatic N) is 2. The number of aromatic nitrogens is 2. The van der Waals surface area contributed by atoms with Crippen molar-refractivity contribution >= 4 is 0 Å². The molecule has 0 saturated carbocycles. The molecule has 5 nitrogen and oxygen atoms in total. The van der Waals surface area contributed by atoms with E-state index in [4.69, 9.17) is 4.74 Å². The smallest absolute Gasteiger partial charge is 0.109 e. The summed E-state index contributed by atoms with van der Waals surface area (Å²) in [4.78, 5) is 4.26. The summed E-state index contributed by atoms with van der Waals surface area (Å²) in [6, 6.07) is 0. The minimum atomic E-state index is -0.583. The lowest BCUT2D eigenvalue weighted by molar-refractivity contribution is -0.0614. The molecule has 1 aromatic rings. The highest BCUT2D eigenvalue weighted by molar-refractivity contribution is 4.92. The largest absolute Gasteiger partial charge is 0.388 e. The summed E-state index contributed by atoms with van der Waals surface area (Å²) >= 11 is 0. The standard InChI is InChI=1S/C12H21N3O2/c1-15-7-6-14-11(15)2-5-13-10-12(16)3-8-17-9-4-12/h6-7,13,16H,2-5,8-10H2,1H3. The molecule has 5 heteroatoms. The molecule has 1 fully saturated rings. The van der Waals surface area contributed by atoms with Gasteiger partial charge >= 0.3 is 0 Å². The molecule has 17 heavy (non-hydrogen) atoms. The van der Waals surface area contributed by atoms with Gasteiger partial charge in [-0.1, -0.05) is 0 Å². The molecule has 0 atom stereocenters. The van der Waals surface area contributed by atoms with E-state index in [0.717, 1.165) is 31.6 Å². The SMILES string of the molecule is Cn1ccnc1CCNCC1(O)CCOCC1. The molecular weight excluding hydrogens is 218 g/mol. The molecule has 96 valence electrons. The second kappa shape index (κ2) is 5.62. The van der Waals surface area contributed by atoms with Gasteiger partial charge in [0.1, 0.15) is 5.82 Å². The first-order chi connectivity index (χ1) is 8.20. The number of rotatable bonds is 5. The maximum absolute atomic E-state index is 10.2. The number of ether oxygens (including phenoxy) is 1. The molecular formula is C12H21N3O2. The summed E-state index contributed by atoms with van der Waals surface area (Å²) in [7, 11) is 1.99. The number of nitrogens with one attached hydrogen (secondary N) is 1. The summed E-state index contributed by atoms with van der Waals surface area (Å²) in [5.74, 6) is 1.07. The van der Waals surface area contributed by atoms with Crippen LogP contribution in [0.5, 0.6) is 0 Å². The van der Waals surface area contributed by atoms with Crippen molar-refractivity contribution in [3.63, 3.8) is 0 Å². The van der Waals surface area contributed by atoms with Crippen molar-refractivity contribution in [2.45, 2.75) is 24.9 Å². The molecule has 1 saturated heterocycles. The highest BCUT2D eigenvalue weighted by Crippen LogP contribution is 2.19. The van der Waals surface area contributed by atoms with Gasteiger partial charge in [0.2, 0.25) is 0 Å². The second-order valence-electron chi connectivity index (χ2n) is 4.72. The first-order valence-electron chi connectivity index (χ1n) is 6.17. The molecule has 0 spiro atoms. The van der Waals surface area contributed by atoms with E-state index in [9.17, 15) is 5.11 Å². The molecule has 2 rings (SSSR count). The van der Waals surface area contributed by atoms with Crippen LogP contribution >= 0.6 is 0 Å². The highest BCUT2D eigenvalue weighted by atomic mass is 16.5. The van der Waals surface area contributed by atoms with Crippen molar-refractivity contribution in [2.75, 3.05) is 26.3 Å². The Morgan fingerprint density at radius 2 is 2.29 bits per heavy atom. The maximum atomic E-state index is 10.2. The van der Waals surface area contributed by atoms with Gasteiger partial charge in [-0.25, -0.2) is 4.98 Å². The van der Waals surface area contributed by atoms with Crippen LogP contribution in [0.25, 0.3) is 0 Å². The van der Waals surface area contributed by atoms with Gasteiger partial charge in [-0.15, -0.1) is 0 Å². The van der Waals surface area contributed by atoms with Crippen LogP contribution in [0.15, 0.2) is 12.4 Å². The summed E-state index contributed by atoms with van der Waals surface area (Å²) in [5.41, 5.74) is -0.583. The molecule has 0 radical (unpaired) electrons. The van der Waals surface area contributed by atoms with Gasteiger partial charge in [-0.2, -0.15) is 0 Å². The van der Waals surface area contributed by atoms with Crippen molar-refractivity contribution in [2.24, 2.45) is 7.05 Å². The predicted molar refractivity (Wildman–Crippen MR) is 64.8 cm³/mol. The maximum Gasteiger partial charge on any atom is 0.109 e. The van der Waals surface area contributed by atoms with Gasteiger partial charge in [0.05, 0.1) is 5.60 Å². The Morgan fingerprint density at radius 1 is 1.53 bits per heavy atom. The van der Waals surface area contributed by atoms with Crippen LogP contribution in [0.1, 0.15) is 18.7 Å². The first kappa shape index (κ1) is 12.5. The fourth-order valence-electron chi connectivity index (χ4n) is 2.09. The van der Waals surface area contributed by atoms with Gasteiger partial charge in [0.25, 0.3) is 0 Å². The molecule has 2 N–H and O–H groups in total. The lowest BCUT2D eigenvalue weighted by Crippen LogP contribution is -2.45. The molecule has 2 heterocycles. The van der Waals surface area contributed by atoms with E-state index in [1.165, 1.54) is 0 Å². The average molecular weight is 239 g/mol. The zero-order valence-corrected chi connectivity index (χ0v) is 10.4. The Morgan fingerprint density at radius 3 is 2.94 bits per heavy atom. The van der Waals surface area contributed by atoms with Crippen LogP contribution in [-0.4, -0.2) is 46.6 Å². The van der Waals surface area contributed by atoms with Crippen LogP contribution < -0.4 is 5.32 Å². The normalized spacial score (nSPS) is 19.4. The van der Waals surface area contributed by atoms with E-state index >= 15 is 0 Å². The Balaban J connectivity index is 1.67. The topological polar surface area (TPSA) is 59.3 Å². The lowest BCUT2D eigenvalue weighted by Gasteiger charge is -2.32. The third-order valence-corrected chi connectivity index (χ3v) is 3.32. The van der Waals surface area contributed by atoms with E-state index in [2.05, 4.69) is 10.3 Å². The van der Waals surface area contributed by atoms with Crippen LogP contribution in [0.3, 0.4) is 0 Å². The van der Waals surface area contributed by atoms with E-state index in [1.807, 2.05) is 17.8 Å². The Labute approximate surface area is 102 Å². The third kappa shape index (κ3) is 3.52. The summed E-state index contributed by atoms with van der Waals surface area (Å²) < 4.78 is 7.26. The number of hydrogen-bond acceptors (Lipinski definition) is 4. The van der Waals surface area contributed by atoms with Crippen molar-refractivity contribution in [3.05, 3.63) is 18.2 Å². The second-order valence-corrected chi connectivity index (χ2v) is 4.72. The Kier molecular flexibility index (Phi) is 4.15. The van der Waals surface area contributed by atoms with Gasteiger partial charge in [-0.05, 0) is 0 Å². The van der Waals surface area contributed by atoms with Gasteiger partial charge in [-0.3, -0.25) is 0 Å². The zero-order valence-electron chi connectivity index (χ0n) is 10.4. The number of hydrogen-bond donors (Lipinski definition) is 2. The fourth-order valence-corrected chi connectivity index (χ4v) is 2.09. The van der Waals surface area contributed by atoms with E-state index in [1.54, 1.807) is 6.20 Å². The summed E-state index contributed by atoms with van der Waals surface area (Å²) in [6.45, 7) is 2.81. The average Bonchev–Trinajstić information content (AvgIpc) is 2.72. The number of aliphatic hydroxyl groups is 1. The number of aryl methyl sites for hydroxylation is 1. The summed E-state index contributed by atoms with van der Waals surface area (Å²) in [5, 5.41) is 13.5. The Hall–Kier alpha value is -0.910. The monoisotopic (exact) mass is 239 g/mol. The van der Waals surface area contributed by atoms with E-state index < -0.39 is 5.60 Å². The van der Waals surface area contributed by atoms with Crippen molar-refractivity contribution in [1.29, 1.82) is 0 Å². The van der Waals surface area contributed by atoms with E-state index in [-0.39, 0.29) is 0 Å². The minimum Gasteiger partial charge on any atom is -0.388 e. The molecule has 1 aliphatic heterocycles. The molecule has 0 bridgehead atoms. The van der Waals surface area contributed by atoms with E-state index in [0.29, 0.717) is 19.8 Å². The Bertz CT molecular complexity index is 345. The van der Waals surface area contributed by atoms with Crippen LogP contribution in [-0.2, 0) is 18.2 Å². The predicted octanol–water partition coefficient (Wildman–Crippen LogP) is 0.0937. The highest BCUT2D eigenvalue weighted by Gasteiger charge is 2.28. The van der Waals surface area contributed by atoms with Crippen molar-refractivity contribution in [1.82, 2.24) is 14.9 Å². The van der Waals surface area contributed by atoms with Crippen molar-refractivity contribution in [3.8, 4) is 0 Å². The van der Waals surface area contributed by atoms with Gasteiger partial charge < -0.3 is 19.7 Å². The molecule has 0 aliphatic carbocycles. The minimum absolute atomic E-state index is 0.583. The third-order valence-electron chi connectivity index (χ3n) is 3.32. The quantitative estimate of drug-likeness (QED) is 0.715. The van der Waals surface area contributed by atoms with Crippen LogP contribution in [0.4, 0.5) is 0 Å². The zero-order chi connectivity index (χ0) is 12.1. The van der Waals surface area contributed by atoms with Crippen LogP contribution in [0, 0.1) is 0 Å². The molecule has 0 aromatic carbocycles. The van der Waals surface area contributed by atoms with Gasteiger partial charge in [0, 0.05) is 65.0 Å².